The molecule has 4 heteroatoms. The van der Waals surface area contributed by atoms with E-state index in [1.54, 1.807) is 0 Å². The van der Waals surface area contributed by atoms with Crippen LogP contribution in [0.15, 0.2) is 24.3 Å². The average molecular weight is 255 g/mol. The number of benzene rings is 1. The molecule has 3 nitrogen and oxygen atoms in total. The van der Waals surface area contributed by atoms with Gasteiger partial charge in [-0.15, -0.1) is 0 Å². The van der Waals surface area contributed by atoms with Crippen LogP contribution in [0.2, 0.25) is 5.02 Å². The number of nitrogens with one attached hydrogen (secondary N) is 2. The van der Waals surface area contributed by atoms with Gasteiger partial charge in [0.25, 0.3) is 0 Å². The molecule has 1 aromatic carbocycles. The molecule has 0 aliphatic heterocycles. The molecule has 1 aromatic rings. The first-order chi connectivity index (χ1) is 8.24. The lowest BCUT2D eigenvalue weighted by molar-refractivity contribution is -0.121. The maximum absolute atomic E-state index is 11.4. The first-order valence-corrected chi connectivity index (χ1v) is 6.26. The lowest BCUT2D eigenvalue weighted by atomic mass is 10.1. The van der Waals surface area contributed by atoms with E-state index in [2.05, 4.69) is 10.6 Å². The fourth-order valence-electron chi connectivity index (χ4n) is 1.55. The fraction of sp³-hybridized carbons (Fsp3) is 0.462. The molecular weight excluding hydrogens is 236 g/mol. The van der Waals surface area contributed by atoms with E-state index in [4.69, 9.17) is 11.6 Å². The highest BCUT2D eigenvalue weighted by Crippen LogP contribution is 2.14. The zero-order valence-corrected chi connectivity index (χ0v) is 10.9. The van der Waals surface area contributed by atoms with Crippen molar-refractivity contribution in [2.24, 2.45) is 0 Å². The van der Waals surface area contributed by atoms with Gasteiger partial charge in [-0.3, -0.25) is 4.79 Å². The highest BCUT2D eigenvalue weighted by atomic mass is 35.5. The van der Waals surface area contributed by atoms with Crippen molar-refractivity contribution in [1.82, 2.24) is 10.6 Å². The van der Waals surface area contributed by atoms with Crippen LogP contribution >= 0.6 is 11.6 Å². The second-order valence-corrected chi connectivity index (χ2v) is 4.31. The number of amides is 1. The van der Waals surface area contributed by atoms with E-state index in [0.29, 0.717) is 13.0 Å². The summed E-state index contributed by atoms with van der Waals surface area (Å²) < 4.78 is 0. The predicted molar refractivity (Wildman–Crippen MR) is 71.3 cm³/mol. The van der Waals surface area contributed by atoms with E-state index in [-0.39, 0.29) is 5.91 Å². The molecule has 17 heavy (non-hydrogen) atoms. The van der Waals surface area contributed by atoms with Gasteiger partial charge in [-0.1, -0.05) is 29.8 Å². The number of carbonyl (C=O) groups is 1. The topological polar surface area (TPSA) is 41.1 Å². The van der Waals surface area contributed by atoms with Gasteiger partial charge in [-0.05, 0) is 38.1 Å². The van der Waals surface area contributed by atoms with Crippen molar-refractivity contribution >= 4 is 17.5 Å². The van der Waals surface area contributed by atoms with Crippen molar-refractivity contribution in [2.75, 3.05) is 20.1 Å². The van der Waals surface area contributed by atoms with E-state index in [9.17, 15) is 4.79 Å². The highest BCUT2D eigenvalue weighted by molar-refractivity contribution is 6.31. The number of halogens is 1. The Morgan fingerprint density at radius 1 is 1.29 bits per heavy atom. The first kappa shape index (κ1) is 14.0. The van der Waals surface area contributed by atoms with Crippen molar-refractivity contribution in [2.45, 2.75) is 19.3 Å². The number of hydrogen-bond acceptors (Lipinski definition) is 2. The first-order valence-electron chi connectivity index (χ1n) is 5.88. The summed E-state index contributed by atoms with van der Waals surface area (Å²) in [4.78, 5) is 11.4. The molecule has 0 radical (unpaired) electrons. The molecule has 0 spiro atoms. The Morgan fingerprint density at radius 3 is 2.76 bits per heavy atom. The molecular formula is C13H19ClN2O. The van der Waals surface area contributed by atoms with Gasteiger partial charge in [0.2, 0.25) is 5.91 Å². The molecule has 0 aliphatic carbocycles. The average Bonchev–Trinajstić information content (AvgIpc) is 2.32. The van der Waals surface area contributed by atoms with E-state index in [0.717, 1.165) is 30.0 Å². The van der Waals surface area contributed by atoms with Gasteiger partial charge in [-0.2, -0.15) is 0 Å². The fourth-order valence-corrected chi connectivity index (χ4v) is 1.78. The molecule has 1 rings (SSSR count). The van der Waals surface area contributed by atoms with Crippen LogP contribution in [0.5, 0.6) is 0 Å². The van der Waals surface area contributed by atoms with Crippen molar-refractivity contribution in [3.63, 3.8) is 0 Å². The van der Waals surface area contributed by atoms with Crippen LogP contribution in [0, 0.1) is 0 Å². The van der Waals surface area contributed by atoms with Gasteiger partial charge in [0.1, 0.15) is 0 Å². The summed E-state index contributed by atoms with van der Waals surface area (Å²) in [5.74, 6) is 0.104. The molecule has 2 N–H and O–H groups in total. The molecule has 0 bridgehead atoms. The minimum atomic E-state index is 0.104. The van der Waals surface area contributed by atoms with Crippen LogP contribution in [0.3, 0.4) is 0 Å². The van der Waals surface area contributed by atoms with Crippen molar-refractivity contribution in [3.8, 4) is 0 Å². The Labute approximate surface area is 108 Å². The van der Waals surface area contributed by atoms with Crippen molar-refractivity contribution < 1.29 is 4.79 Å². The van der Waals surface area contributed by atoms with Crippen LogP contribution in [-0.4, -0.2) is 26.0 Å². The smallest absolute Gasteiger partial charge is 0.220 e. The van der Waals surface area contributed by atoms with Crippen LogP contribution < -0.4 is 10.6 Å². The largest absolute Gasteiger partial charge is 0.356 e. The lowest BCUT2D eigenvalue weighted by Crippen LogP contribution is -2.26. The molecule has 0 aliphatic rings. The Bertz CT molecular complexity index is 355. The summed E-state index contributed by atoms with van der Waals surface area (Å²) >= 11 is 6.02. The van der Waals surface area contributed by atoms with Gasteiger partial charge in [-0.25, -0.2) is 0 Å². The zero-order valence-electron chi connectivity index (χ0n) is 10.1. The zero-order chi connectivity index (χ0) is 12.5. The van der Waals surface area contributed by atoms with Gasteiger partial charge >= 0.3 is 0 Å². The quantitative estimate of drug-likeness (QED) is 0.731. The third-order valence-corrected chi connectivity index (χ3v) is 2.87. The Kier molecular flexibility index (Phi) is 6.67. The third-order valence-electron chi connectivity index (χ3n) is 2.50. The van der Waals surface area contributed by atoms with Crippen molar-refractivity contribution in [3.05, 3.63) is 34.9 Å². The lowest BCUT2D eigenvalue weighted by Gasteiger charge is -2.06. The SMILES string of the molecule is CNCCCC(=O)NCCc1ccccc1Cl. The molecule has 0 aromatic heterocycles. The summed E-state index contributed by atoms with van der Waals surface area (Å²) in [6.07, 6.45) is 2.22. The van der Waals surface area contributed by atoms with E-state index >= 15 is 0 Å². The molecule has 0 unspecified atom stereocenters. The summed E-state index contributed by atoms with van der Waals surface area (Å²) in [7, 11) is 1.88. The van der Waals surface area contributed by atoms with Gasteiger partial charge in [0.15, 0.2) is 0 Å². The monoisotopic (exact) mass is 254 g/mol. The normalized spacial score (nSPS) is 10.2. The molecule has 0 atom stereocenters. The highest BCUT2D eigenvalue weighted by Gasteiger charge is 2.02. The number of rotatable bonds is 7. The van der Waals surface area contributed by atoms with Crippen LogP contribution in [0.25, 0.3) is 0 Å². The standard InChI is InChI=1S/C13H19ClN2O/c1-15-9-4-7-13(17)16-10-8-11-5-2-3-6-12(11)14/h2-3,5-6,15H,4,7-10H2,1H3,(H,16,17). The summed E-state index contributed by atoms with van der Waals surface area (Å²) in [5, 5.41) is 6.67. The summed E-state index contributed by atoms with van der Waals surface area (Å²) in [6.45, 7) is 1.51. The van der Waals surface area contributed by atoms with Crippen molar-refractivity contribution in [1.29, 1.82) is 0 Å². The Hall–Kier alpha value is -1.06. The second kappa shape index (κ2) is 8.09. The van der Waals surface area contributed by atoms with Gasteiger partial charge in [0.05, 0.1) is 0 Å². The molecule has 0 fully saturated rings. The Morgan fingerprint density at radius 2 is 2.06 bits per heavy atom. The van der Waals surface area contributed by atoms with Crippen LogP contribution in [0.4, 0.5) is 0 Å². The van der Waals surface area contributed by atoms with Crippen LogP contribution in [-0.2, 0) is 11.2 Å². The molecule has 0 saturated heterocycles. The van der Waals surface area contributed by atoms with E-state index < -0.39 is 0 Å². The van der Waals surface area contributed by atoms with Gasteiger partial charge in [0, 0.05) is 18.0 Å². The minimum absolute atomic E-state index is 0.104. The second-order valence-electron chi connectivity index (χ2n) is 3.90. The van der Waals surface area contributed by atoms with E-state index in [1.807, 2.05) is 31.3 Å². The summed E-state index contributed by atoms with van der Waals surface area (Å²) in [6, 6.07) is 7.71. The molecule has 0 heterocycles. The number of carbonyl (C=O) groups excluding carboxylic acids is 1. The predicted octanol–water partition coefficient (Wildman–Crippen LogP) is 2.00. The number of hydrogen-bond donors (Lipinski definition) is 2. The third kappa shape index (κ3) is 5.71. The molecule has 94 valence electrons. The summed E-state index contributed by atoms with van der Waals surface area (Å²) in [5.41, 5.74) is 1.07. The minimum Gasteiger partial charge on any atom is -0.356 e. The maximum atomic E-state index is 11.4. The molecule has 0 saturated carbocycles. The maximum Gasteiger partial charge on any atom is 0.220 e. The Balaban J connectivity index is 2.19. The molecule has 1 amide bonds. The van der Waals surface area contributed by atoms with Gasteiger partial charge < -0.3 is 10.6 Å². The van der Waals surface area contributed by atoms with E-state index in [1.165, 1.54) is 0 Å². The van der Waals surface area contributed by atoms with Crippen LogP contribution in [0.1, 0.15) is 18.4 Å².